The predicted molar refractivity (Wildman–Crippen MR) is 88.9 cm³/mol. The molecule has 7 heteroatoms. The maximum absolute atomic E-state index is 13.7. The van der Waals surface area contributed by atoms with Crippen LogP contribution in [-0.4, -0.2) is 34.4 Å². The van der Waals surface area contributed by atoms with Gasteiger partial charge in [-0.15, -0.1) is 0 Å². The molecule has 0 spiro atoms. The zero-order valence-electron chi connectivity index (χ0n) is 14.2. The van der Waals surface area contributed by atoms with Gasteiger partial charge >= 0.3 is 0 Å². The number of aryl methyl sites for hydroxylation is 1. The highest BCUT2D eigenvalue weighted by atomic mass is 19.1. The van der Waals surface area contributed by atoms with E-state index in [2.05, 4.69) is 20.2 Å². The molecule has 0 aliphatic carbocycles. The van der Waals surface area contributed by atoms with Gasteiger partial charge in [0.1, 0.15) is 17.5 Å². The smallest absolute Gasteiger partial charge is 0.254 e. The van der Waals surface area contributed by atoms with Crippen molar-refractivity contribution < 1.29 is 13.6 Å². The van der Waals surface area contributed by atoms with Crippen LogP contribution in [0.3, 0.4) is 0 Å². The minimum atomic E-state index is -0.755. The highest BCUT2D eigenvalue weighted by Crippen LogP contribution is 2.31. The molecule has 1 saturated heterocycles. The first kappa shape index (κ1) is 17.4. The molecule has 132 valence electrons. The van der Waals surface area contributed by atoms with Crippen molar-refractivity contribution in [3.63, 3.8) is 0 Å². The summed E-state index contributed by atoms with van der Waals surface area (Å²) in [5, 5.41) is 2.64. The fourth-order valence-electron chi connectivity index (χ4n) is 3.14. The molecule has 1 amide bonds. The molecule has 2 aromatic rings. The Morgan fingerprint density at radius 2 is 2.20 bits per heavy atom. The van der Waals surface area contributed by atoms with Crippen LogP contribution in [0.25, 0.3) is 0 Å². The number of hydrogen-bond acceptors (Lipinski definition) is 4. The van der Waals surface area contributed by atoms with Gasteiger partial charge in [0.2, 0.25) is 0 Å². The molecule has 1 atom stereocenters. The minimum Gasteiger partial charge on any atom is -0.348 e. The van der Waals surface area contributed by atoms with Gasteiger partial charge in [-0.05, 0) is 51.6 Å². The van der Waals surface area contributed by atoms with Crippen LogP contribution >= 0.6 is 0 Å². The summed E-state index contributed by atoms with van der Waals surface area (Å²) in [7, 11) is 2.04. The molecule has 0 saturated carbocycles. The molecule has 1 N–H and O–H groups in total. The van der Waals surface area contributed by atoms with Crippen molar-refractivity contribution in [3.8, 4) is 0 Å². The summed E-state index contributed by atoms with van der Waals surface area (Å²) in [6.45, 7) is 2.98. The van der Waals surface area contributed by atoms with Gasteiger partial charge in [-0.2, -0.15) is 0 Å². The topological polar surface area (TPSA) is 58.1 Å². The first-order valence-electron chi connectivity index (χ1n) is 8.21. The monoisotopic (exact) mass is 346 g/mol. The number of carbonyl (C=O) groups is 1. The fraction of sp³-hybridized carbons (Fsp3) is 0.389. The first-order chi connectivity index (χ1) is 12.0. The lowest BCUT2D eigenvalue weighted by atomic mass is 10.1. The molecular weight excluding hydrogens is 326 g/mol. The zero-order chi connectivity index (χ0) is 18.0. The van der Waals surface area contributed by atoms with Crippen molar-refractivity contribution in [2.75, 3.05) is 13.6 Å². The Morgan fingerprint density at radius 3 is 2.92 bits per heavy atom. The lowest BCUT2D eigenvalue weighted by Gasteiger charge is -2.21. The van der Waals surface area contributed by atoms with Crippen molar-refractivity contribution in [2.45, 2.75) is 32.4 Å². The third-order valence-corrected chi connectivity index (χ3v) is 4.47. The van der Waals surface area contributed by atoms with Gasteiger partial charge in [0.05, 0.1) is 17.3 Å². The highest BCUT2D eigenvalue weighted by Gasteiger charge is 2.26. The Hall–Kier alpha value is -2.41. The molecule has 1 aliphatic rings. The number of likely N-dealkylation sites (tertiary alicyclic amines) is 1. The molecule has 2 heterocycles. The minimum absolute atomic E-state index is 0.161. The summed E-state index contributed by atoms with van der Waals surface area (Å²) < 4.78 is 27.0. The van der Waals surface area contributed by atoms with Crippen molar-refractivity contribution in [3.05, 3.63) is 58.7 Å². The lowest BCUT2D eigenvalue weighted by molar-refractivity contribution is 0.0946. The summed E-state index contributed by atoms with van der Waals surface area (Å²) in [5.41, 5.74) is 1.36. The molecule has 1 aromatic carbocycles. The SMILES string of the molecule is Cc1ncc(CNC(=O)c2cc(F)ccc2F)c(C2CCCN2C)n1. The van der Waals surface area contributed by atoms with Crippen LogP contribution in [-0.2, 0) is 6.54 Å². The van der Waals surface area contributed by atoms with E-state index in [9.17, 15) is 13.6 Å². The van der Waals surface area contributed by atoms with Crippen LogP contribution in [0.5, 0.6) is 0 Å². The van der Waals surface area contributed by atoms with Crippen molar-refractivity contribution in [2.24, 2.45) is 0 Å². The van der Waals surface area contributed by atoms with Gasteiger partial charge in [-0.1, -0.05) is 0 Å². The molecule has 3 rings (SSSR count). The Labute approximate surface area is 145 Å². The summed E-state index contributed by atoms with van der Waals surface area (Å²) in [6.07, 6.45) is 3.77. The van der Waals surface area contributed by atoms with Gasteiger partial charge in [0.15, 0.2) is 0 Å². The summed E-state index contributed by atoms with van der Waals surface area (Å²) in [4.78, 5) is 23.2. The number of hydrogen-bond donors (Lipinski definition) is 1. The van der Waals surface area contributed by atoms with E-state index >= 15 is 0 Å². The second kappa shape index (κ2) is 7.23. The third-order valence-electron chi connectivity index (χ3n) is 4.47. The van der Waals surface area contributed by atoms with Crippen LogP contribution in [0.15, 0.2) is 24.4 Å². The number of aromatic nitrogens is 2. The largest absolute Gasteiger partial charge is 0.348 e. The van der Waals surface area contributed by atoms with Gasteiger partial charge in [0, 0.05) is 18.3 Å². The first-order valence-corrected chi connectivity index (χ1v) is 8.21. The number of carbonyl (C=O) groups excluding carboxylic acids is 1. The summed E-state index contributed by atoms with van der Waals surface area (Å²) in [6, 6.07) is 2.99. The van der Waals surface area contributed by atoms with E-state index in [4.69, 9.17) is 0 Å². The standard InChI is InChI=1S/C18H20F2N4O/c1-11-21-9-12(17(23-11)16-4-3-7-24(16)2)10-22-18(25)14-8-13(19)5-6-15(14)20/h5-6,8-9,16H,3-4,7,10H2,1-2H3,(H,22,25). The van der Waals surface area contributed by atoms with Crippen molar-refractivity contribution in [1.29, 1.82) is 0 Å². The number of amides is 1. The normalized spacial score (nSPS) is 17.7. The average molecular weight is 346 g/mol. The summed E-state index contributed by atoms with van der Waals surface area (Å²) >= 11 is 0. The molecule has 25 heavy (non-hydrogen) atoms. The van der Waals surface area contributed by atoms with Gasteiger partial charge in [-0.3, -0.25) is 9.69 Å². The zero-order valence-corrected chi connectivity index (χ0v) is 14.2. The average Bonchev–Trinajstić information content (AvgIpc) is 3.01. The van der Waals surface area contributed by atoms with Crippen LogP contribution < -0.4 is 5.32 Å². The maximum atomic E-state index is 13.7. The second-order valence-corrected chi connectivity index (χ2v) is 6.27. The molecule has 1 aromatic heterocycles. The molecule has 1 fully saturated rings. The Morgan fingerprint density at radius 1 is 1.40 bits per heavy atom. The number of benzene rings is 1. The number of rotatable bonds is 4. The Balaban J connectivity index is 1.79. The lowest BCUT2D eigenvalue weighted by Crippen LogP contribution is -2.27. The van der Waals surface area contributed by atoms with Gasteiger partial charge < -0.3 is 5.32 Å². The predicted octanol–water partition coefficient (Wildman–Crippen LogP) is 2.76. The van der Waals surface area contributed by atoms with Gasteiger partial charge in [0.25, 0.3) is 5.91 Å². The van der Waals surface area contributed by atoms with Crippen molar-refractivity contribution in [1.82, 2.24) is 20.2 Å². The van der Waals surface area contributed by atoms with E-state index < -0.39 is 17.5 Å². The van der Waals surface area contributed by atoms with Gasteiger partial charge in [-0.25, -0.2) is 18.7 Å². The quantitative estimate of drug-likeness (QED) is 0.925. The highest BCUT2D eigenvalue weighted by molar-refractivity contribution is 5.94. The van der Waals surface area contributed by atoms with E-state index in [0.717, 1.165) is 48.8 Å². The van der Waals surface area contributed by atoms with Crippen LogP contribution in [0.2, 0.25) is 0 Å². The molecular formula is C18H20F2N4O. The van der Waals surface area contributed by atoms with Crippen LogP contribution in [0, 0.1) is 18.6 Å². The summed E-state index contributed by atoms with van der Waals surface area (Å²) in [5.74, 6) is -1.40. The molecule has 0 bridgehead atoms. The van der Waals surface area contributed by atoms with E-state index in [-0.39, 0.29) is 18.2 Å². The number of nitrogens with zero attached hydrogens (tertiary/aromatic N) is 3. The molecule has 1 unspecified atom stereocenters. The van der Waals surface area contributed by atoms with Crippen LogP contribution in [0.4, 0.5) is 8.78 Å². The second-order valence-electron chi connectivity index (χ2n) is 6.27. The Bertz CT molecular complexity index is 797. The molecule has 0 radical (unpaired) electrons. The van der Waals surface area contributed by atoms with Crippen molar-refractivity contribution >= 4 is 5.91 Å². The van der Waals surface area contributed by atoms with E-state index in [1.54, 1.807) is 6.20 Å². The fourth-order valence-corrected chi connectivity index (χ4v) is 3.14. The number of nitrogens with one attached hydrogen (secondary N) is 1. The molecule has 5 nitrogen and oxygen atoms in total. The maximum Gasteiger partial charge on any atom is 0.254 e. The van der Waals surface area contributed by atoms with E-state index in [1.165, 1.54) is 0 Å². The van der Waals surface area contributed by atoms with Crippen LogP contribution in [0.1, 0.15) is 46.3 Å². The van der Waals surface area contributed by atoms with E-state index in [0.29, 0.717) is 5.82 Å². The molecule has 1 aliphatic heterocycles. The Kier molecular flexibility index (Phi) is 5.03. The number of halogens is 2. The third kappa shape index (κ3) is 3.82. The van der Waals surface area contributed by atoms with E-state index in [1.807, 2.05) is 14.0 Å².